The summed E-state index contributed by atoms with van der Waals surface area (Å²) in [6.07, 6.45) is 10.8. The first-order chi connectivity index (χ1) is 11.5. The molecular formula is C18H31NO4S. The molecule has 0 radical (unpaired) electrons. The van der Waals surface area contributed by atoms with Gasteiger partial charge in [-0.25, -0.2) is 0 Å². The standard InChI is InChI=1S/C18H31NO4S/c1-3-4-5-8-17(21)11-9-16-10-12-18(22)19(16)13-6-7-14-24-23-15(2)20/h9,11,16-17,21H,3-8,10,12-14H2,1-2H3/b11-9+/t16-,17-/m0/s1. The normalized spacial score (nSPS) is 19.2. The predicted molar refractivity (Wildman–Crippen MR) is 97.5 cm³/mol. The first-order valence-corrected chi connectivity index (χ1v) is 9.91. The van der Waals surface area contributed by atoms with Gasteiger partial charge < -0.3 is 14.2 Å². The maximum Gasteiger partial charge on any atom is 0.314 e. The van der Waals surface area contributed by atoms with E-state index in [1.807, 2.05) is 17.1 Å². The summed E-state index contributed by atoms with van der Waals surface area (Å²) in [5.74, 6) is 0.660. The van der Waals surface area contributed by atoms with Gasteiger partial charge in [0.2, 0.25) is 5.91 Å². The molecule has 5 nitrogen and oxygen atoms in total. The Balaban J connectivity index is 2.28. The van der Waals surface area contributed by atoms with Crippen LogP contribution in [0.4, 0.5) is 0 Å². The quantitative estimate of drug-likeness (QED) is 0.329. The van der Waals surface area contributed by atoms with E-state index in [0.717, 1.165) is 57.2 Å². The molecule has 0 unspecified atom stereocenters. The van der Waals surface area contributed by atoms with Crippen molar-refractivity contribution in [2.45, 2.75) is 77.4 Å². The van der Waals surface area contributed by atoms with E-state index in [1.165, 1.54) is 19.0 Å². The van der Waals surface area contributed by atoms with Gasteiger partial charge in [-0.1, -0.05) is 38.3 Å². The number of carbonyl (C=O) groups excluding carboxylic acids is 2. The lowest BCUT2D eigenvalue weighted by molar-refractivity contribution is -0.130. The molecule has 0 aromatic rings. The minimum atomic E-state index is -0.408. The maximum absolute atomic E-state index is 12.0. The van der Waals surface area contributed by atoms with Crippen LogP contribution in [-0.4, -0.2) is 46.3 Å². The number of aliphatic hydroxyl groups excluding tert-OH is 1. The third-order valence-electron chi connectivity index (χ3n) is 4.09. The van der Waals surface area contributed by atoms with Crippen LogP contribution in [0, 0.1) is 0 Å². The summed E-state index contributed by atoms with van der Waals surface area (Å²) in [6, 6.07) is 0.111. The van der Waals surface area contributed by atoms with Gasteiger partial charge in [-0.3, -0.25) is 9.59 Å². The molecule has 1 N–H and O–H groups in total. The summed E-state index contributed by atoms with van der Waals surface area (Å²) in [5.41, 5.74) is 0. The molecule has 1 heterocycles. The molecule has 0 spiro atoms. The van der Waals surface area contributed by atoms with Crippen molar-refractivity contribution in [3.8, 4) is 0 Å². The van der Waals surface area contributed by atoms with E-state index in [-0.39, 0.29) is 17.9 Å². The van der Waals surface area contributed by atoms with E-state index in [4.69, 9.17) is 4.18 Å². The summed E-state index contributed by atoms with van der Waals surface area (Å²) >= 11 is 1.17. The molecule has 2 atom stereocenters. The van der Waals surface area contributed by atoms with Crippen LogP contribution >= 0.6 is 12.0 Å². The van der Waals surface area contributed by atoms with Crippen molar-refractivity contribution in [2.75, 3.05) is 12.3 Å². The average molecular weight is 358 g/mol. The fourth-order valence-electron chi connectivity index (χ4n) is 2.77. The van der Waals surface area contributed by atoms with Crippen molar-refractivity contribution in [1.82, 2.24) is 4.90 Å². The van der Waals surface area contributed by atoms with Crippen LogP contribution in [0.5, 0.6) is 0 Å². The predicted octanol–water partition coefficient (Wildman–Crippen LogP) is 3.47. The zero-order valence-corrected chi connectivity index (χ0v) is 15.7. The number of nitrogens with zero attached hydrogens (tertiary/aromatic N) is 1. The Kier molecular flexibility index (Phi) is 10.8. The molecule has 1 rings (SSSR count). The number of hydrogen-bond acceptors (Lipinski definition) is 5. The summed E-state index contributed by atoms with van der Waals surface area (Å²) < 4.78 is 4.82. The molecule has 0 saturated carbocycles. The number of hydrogen-bond donors (Lipinski definition) is 1. The zero-order chi connectivity index (χ0) is 17.8. The first kappa shape index (κ1) is 21.0. The molecule has 0 aromatic carbocycles. The lowest BCUT2D eigenvalue weighted by atomic mass is 10.1. The zero-order valence-electron chi connectivity index (χ0n) is 14.9. The first-order valence-electron chi connectivity index (χ1n) is 9.00. The van der Waals surface area contributed by atoms with Crippen LogP contribution < -0.4 is 0 Å². The van der Waals surface area contributed by atoms with Crippen molar-refractivity contribution in [2.24, 2.45) is 0 Å². The van der Waals surface area contributed by atoms with E-state index in [9.17, 15) is 14.7 Å². The van der Waals surface area contributed by atoms with Gasteiger partial charge >= 0.3 is 5.97 Å². The average Bonchev–Trinajstić information content (AvgIpc) is 2.89. The highest BCUT2D eigenvalue weighted by Crippen LogP contribution is 2.21. The maximum atomic E-state index is 12.0. The fourth-order valence-corrected chi connectivity index (χ4v) is 3.34. The van der Waals surface area contributed by atoms with E-state index in [2.05, 4.69) is 6.92 Å². The minimum Gasteiger partial charge on any atom is -0.392 e. The number of unbranched alkanes of at least 4 members (excludes halogenated alkanes) is 3. The number of amides is 1. The second-order valence-electron chi connectivity index (χ2n) is 6.25. The van der Waals surface area contributed by atoms with Crippen LogP contribution in [0.15, 0.2) is 12.2 Å². The molecule has 1 saturated heterocycles. The Morgan fingerprint density at radius 1 is 1.42 bits per heavy atom. The van der Waals surface area contributed by atoms with Gasteiger partial charge in [0.15, 0.2) is 0 Å². The van der Waals surface area contributed by atoms with Crippen molar-refractivity contribution < 1.29 is 18.9 Å². The molecule has 138 valence electrons. The molecule has 0 aliphatic carbocycles. The molecule has 1 aliphatic rings. The van der Waals surface area contributed by atoms with Gasteiger partial charge in [-0.15, -0.1) is 0 Å². The highest BCUT2D eigenvalue weighted by molar-refractivity contribution is 7.95. The number of likely N-dealkylation sites (tertiary alicyclic amines) is 1. The van der Waals surface area contributed by atoms with Crippen molar-refractivity contribution in [3.63, 3.8) is 0 Å². The van der Waals surface area contributed by atoms with Crippen molar-refractivity contribution >= 4 is 23.9 Å². The van der Waals surface area contributed by atoms with Crippen LogP contribution in [0.25, 0.3) is 0 Å². The summed E-state index contributed by atoms with van der Waals surface area (Å²) in [5, 5.41) is 9.97. The Hall–Kier alpha value is -1.01. The molecule has 1 aliphatic heterocycles. The van der Waals surface area contributed by atoms with Gasteiger partial charge in [0.25, 0.3) is 0 Å². The minimum absolute atomic E-state index is 0.111. The van der Waals surface area contributed by atoms with Crippen LogP contribution in [-0.2, 0) is 13.8 Å². The molecule has 6 heteroatoms. The third-order valence-corrected chi connectivity index (χ3v) is 4.89. The van der Waals surface area contributed by atoms with E-state index >= 15 is 0 Å². The van der Waals surface area contributed by atoms with Gasteiger partial charge in [0.05, 0.1) is 24.2 Å². The highest BCUT2D eigenvalue weighted by atomic mass is 32.2. The monoisotopic (exact) mass is 357 g/mol. The Morgan fingerprint density at radius 2 is 2.21 bits per heavy atom. The SMILES string of the molecule is CCCCC[C@H](O)/C=C/[C@H]1CCC(=O)N1CCCCSOC(C)=O. The lowest BCUT2D eigenvalue weighted by Gasteiger charge is -2.22. The van der Waals surface area contributed by atoms with Crippen molar-refractivity contribution in [3.05, 3.63) is 12.2 Å². The number of aliphatic hydroxyl groups is 1. The molecular weight excluding hydrogens is 326 g/mol. The second kappa shape index (κ2) is 12.4. The third kappa shape index (κ3) is 8.73. The summed E-state index contributed by atoms with van der Waals surface area (Å²) in [4.78, 5) is 24.6. The largest absolute Gasteiger partial charge is 0.392 e. The Bertz CT molecular complexity index is 414. The molecule has 1 amide bonds. The summed E-state index contributed by atoms with van der Waals surface area (Å²) in [6.45, 7) is 4.26. The molecule has 0 aromatic heterocycles. The molecule has 0 bridgehead atoms. The van der Waals surface area contributed by atoms with Crippen LogP contribution in [0.2, 0.25) is 0 Å². The fraction of sp³-hybridized carbons (Fsp3) is 0.778. The number of rotatable bonds is 12. The van der Waals surface area contributed by atoms with Crippen molar-refractivity contribution in [1.29, 1.82) is 0 Å². The molecule has 1 fully saturated rings. The van der Waals surface area contributed by atoms with Gasteiger partial charge in [0.1, 0.15) is 0 Å². The number of carbonyl (C=O) groups is 2. The van der Waals surface area contributed by atoms with E-state index < -0.39 is 6.10 Å². The van der Waals surface area contributed by atoms with Crippen LogP contribution in [0.3, 0.4) is 0 Å². The Morgan fingerprint density at radius 3 is 2.92 bits per heavy atom. The van der Waals surface area contributed by atoms with Gasteiger partial charge in [0, 0.05) is 25.6 Å². The lowest BCUT2D eigenvalue weighted by Crippen LogP contribution is -2.32. The highest BCUT2D eigenvalue weighted by Gasteiger charge is 2.28. The van der Waals surface area contributed by atoms with E-state index in [1.54, 1.807) is 0 Å². The topological polar surface area (TPSA) is 66.8 Å². The smallest absolute Gasteiger partial charge is 0.314 e. The Labute approximate surface area is 150 Å². The molecule has 24 heavy (non-hydrogen) atoms. The van der Waals surface area contributed by atoms with Gasteiger partial charge in [-0.05, 0) is 25.7 Å². The van der Waals surface area contributed by atoms with Gasteiger partial charge in [-0.2, -0.15) is 0 Å². The second-order valence-corrected chi connectivity index (χ2v) is 7.06. The van der Waals surface area contributed by atoms with Crippen LogP contribution in [0.1, 0.15) is 65.2 Å². The van der Waals surface area contributed by atoms with E-state index in [0.29, 0.717) is 6.42 Å². The summed E-state index contributed by atoms with van der Waals surface area (Å²) in [7, 11) is 0.